The van der Waals surface area contributed by atoms with Crippen molar-refractivity contribution in [2.75, 3.05) is 14.2 Å². The first-order valence-electron chi connectivity index (χ1n) is 5.08. The Bertz CT molecular complexity index is 439. The van der Waals surface area contributed by atoms with Crippen molar-refractivity contribution in [2.24, 2.45) is 0 Å². The van der Waals surface area contributed by atoms with Crippen molar-refractivity contribution in [2.45, 2.75) is 12.5 Å². The fourth-order valence-corrected chi connectivity index (χ4v) is 1.40. The summed E-state index contributed by atoms with van der Waals surface area (Å²) < 4.78 is 35.0. The Labute approximate surface area is 103 Å². The van der Waals surface area contributed by atoms with Crippen LogP contribution in [-0.4, -0.2) is 32.1 Å². The summed E-state index contributed by atoms with van der Waals surface area (Å²) in [6.07, 6.45) is -1.43. The van der Waals surface area contributed by atoms with E-state index in [1.165, 1.54) is 7.11 Å². The van der Waals surface area contributed by atoms with E-state index < -0.39 is 29.5 Å². The van der Waals surface area contributed by atoms with Gasteiger partial charge in [-0.3, -0.25) is 4.79 Å². The van der Waals surface area contributed by atoms with E-state index in [-0.39, 0.29) is 12.0 Å². The maximum Gasteiger partial charge on any atom is 0.335 e. The highest BCUT2D eigenvalue weighted by Crippen LogP contribution is 2.12. The fourth-order valence-electron chi connectivity index (χ4n) is 1.40. The van der Waals surface area contributed by atoms with E-state index in [1.54, 1.807) is 0 Å². The summed E-state index contributed by atoms with van der Waals surface area (Å²) in [6.45, 7) is 0. The third-order valence-electron chi connectivity index (χ3n) is 2.30. The molecule has 0 aromatic heterocycles. The van der Waals surface area contributed by atoms with Crippen molar-refractivity contribution in [1.29, 1.82) is 0 Å². The highest BCUT2D eigenvalue weighted by Gasteiger charge is 2.23. The molecular formula is C12H12F2O4. The minimum Gasteiger partial charge on any atom is -0.467 e. The fraction of sp³-hybridized carbons (Fsp3) is 0.333. The van der Waals surface area contributed by atoms with Crippen LogP contribution in [0.3, 0.4) is 0 Å². The molecule has 0 aliphatic rings. The number of benzene rings is 1. The zero-order valence-electron chi connectivity index (χ0n) is 9.91. The van der Waals surface area contributed by atoms with Gasteiger partial charge in [0.15, 0.2) is 11.9 Å². The molecule has 0 heterocycles. The molecule has 0 radical (unpaired) electrons. The summed E-state index contributed by atoms with van der Waals surface area (Å²) in [6, 6.07) is 2.45. The Morgan fingerprint density at radius 2 is 1.72 bits per heavy atom. The molecule has 0 amide bonds. The first-order valence-corrected chi connectivity index (χ1v) is 5.08. The first-order chi connectivity index (χ1) is 8.47. The lowest BCUT2D eigenvalue weighted by molar-refractivity contribution is -0.152. The summed E-state index contributed by atoms with van der Waals surface area (Å²) in [5, 5.41) is 0. The van der Waals surface area contributed by atoms with Gasteiger partial charge in [0.2, 0.25) is 0 Å². The van der Waals surface area contributed by atoms with E-state index in [2.05, 4.69) is 4.74 Å². The van der Waals surface area contributed by atoms with E-state index >= 15 is 0 Å². The molecule has 1 atom stereocenters. The number of Topliss-reactive ketones (excluding diaryl/α,β-unsaturated/α-hetero) is 1. The lowest BCUT2D eigenvalue weighted by atomic mass is 10.0. The molecule has 1 aromatic rings. The molecule has 0 bridgehead atoms. The number of carbonyl (C=O) groups is 2. The van der Waals surface area contributed by atoms with Crippen LogP contribution in [0.4, 0.5) is 8.78 Å². The van der Waals surface area contributed by atoms with Gasteiger partial charge in [-0.25, -0.2) is 13.6 Å². The number of carbonyl (C=O) groups excluding carboxylic acids is 2. The molecule has 0 aliphatic carbocycles. The van der Waals surface area contributed by atoms with Gasteiger partial charge in [0, 0.05) is 25.2 Å². The number of halogens is 2. The molecule has 0 saturated heterocycles. The number of ketones is 1. The Balaban J connectivity index is 2.84. The van der Waals surface area contributed by atoms with Gasteiger partial charge >= 0.3 is 5.97 Å². The predicted molar refractivity (Wildman–Crippen MR) is 58.1 cm³/mol. The minimum absolute atomic E-state index is 0.154. The molecule has 6 heteroatoms. The summed E-state index contributed by atoms with van der Waals surface area (Å²) in [7, 11) is 2.39. The van der Waals surface area contributed by atoms with Gasteiger partial charge in [0.25, 0.3) is 0 Å². The third-order valence-corrected chi connectivity index (χ3v) is 2.30. The second-order valence-electron chi connectivity index (χ2n) is 3.53. The number of esters is 1. The second kappa shape index (κ2) is 6.20. The van der Waals surface area contributed by atoms with Crippen LogP contribution in [0, 0.1) is 11.6 Å². The van der Waals surface area contributed by atoms with Crippen LogP contribution in [0.2, 0.25) is 0 Å². The monoisotopic (exact) mass is 258 g/mol. The molecule has 0 saturated carbocycles. The van der Waals surface area contributed by atoms with Gasteiger partial charge in [0.1, 0.15) is 11.6 Å². The zero-order chi connectivity index (χ0) is 13.7. The summed E-state index contributed by atoms with van der Waals surface area (Å²) >= 11 is 0. The molecule has 0 fully saturated rings. The van der Waals surface area contributed by atoms with E-state index in [9.17, 15) is 18.4 Å². The molecule has 98 valence electrons. The molecule has 1 aromatic carbocycles. The lowest BCUT2D eigenvalue weighted by Crippen LogP contribution is -2.27. The Morgan fingerprint density at radius 3 is 2.17 bits per heavy atom. The smallest absolute Gasteiger partial charge is 0.335 e. The lowest BCUT2D eigenvalue weighted by Gasteiger charge is -2.11. The van der Waals surface area contributed by atoms with Gasteiger partial charge in [-0.15, -0.1) is 0 Å². The van der Waals surface area contributed by atoms with Crippen LogP contribution < -0.4 is 0 Å². The average Bonchev–Trinajstić information content (AvgIpc) is 2.33. The van der Waals surface area contributed by atoms with Crippen molar-refractivity contribution < 1.29 is 27.8 Å². The molecule has 1 rings (SSSR count). The highest BCUT2D eigenvalue weighted by molar-refractivity contribution is 5.98. The van der Waals surface area contributed by atoms with Crippen LogP contribution >= 0.6 is 0 Å². The van der Waals surface area contributed by atoms with Gasteiger partial charge in [0.05, 0.1) is 7.11 Å². The topological polar surface area (TPSA) is 52.6 Å². The molecule has 0 N–H and O–H groups in total. The van der Waals surface area contributed by atoms with E-state index in [1.807, 2.05) is 0 Å². The van der Waals surface area contributed by atoms with Gasteiger partial charge in [-0.2, -0.15) is 0 Å². The Morgan fingerprint density at radius 1 is 1.17 bits per heavy atom. The van der Waals surface area contributed by atoms with Gasteiger partial charge in [-0.05, 0) is 12.1 Å². The van der Waals surface area contributed by atoms with Crippen LogP contribution in [0.1, 0.15) is 16.8 Å². The number of methoxy groups -OCH3 is 2. The standard InChI is InChI=1S/C12H12F2O4/c1-17-11(12(16)18-2)6-10(15)7-3-8(13)5-9(14)4-7/h3-5,11H,6H2,1-2H3. The zero-order valence-corrected chi connectivity index (χ0v) is 9.91. The van der Waals surface area contributed by atoms with E-state index in [0.29, 0.717) is 6.07 Å². The largest absolute Gasteiger partial charge is 0.467 e. The number of ether oxygens (including phenoxy) is 2. The van der Waals surface area contributed by atoms with Crippen LogP contribution in [-0.2, 0) is 14.3 Å². The molecule has 18 heavy (non-hydrogen) atoms. The Kier molecular flexibility index (Phi) is 4.91. The van der Waals surface area contributed by atoms with Crippen LogP contribution in [0.15, 0.2) is 18.2 Å². The van der Waals surface area contributed by atoms with Crippen molar-refractivity contribution in [3.05, 3.63) is 35.4 Å². The molecule has 0 spiro atoms. The molecular weight excluding hydrogens is 246 g/mol. The number of hydrogen-bond acceptors (Lipinski definition) is 4. The van der Waals surface area contributed by atoms with Crippen molar-refractivity contribution in [3.63, 3.8) is 0 Å². The number of hydrogen-bond donors (Lipinski definition) is 0. The van der Waals surface area contributed by atoms with Gasteiger partial charge < -0.3 is 9.47 Å². The first kappa shape index (κ1) is 14.2. The second-order valence-corrected chi connectivity index (χ2v) is 3.53. The average molecular weight is 258 g/mol. The normalized spacial score (nSPS) is 12.0. The van der Waals surface area contributed by atoms with Crippen molar-refractivity contribution >= 4 is 11.8 Å². The van der Waals surface area contributed by atoms with Gasteiger partial charge in [-0.1, -0.05) is 0 Å². The quantitative estimate of drug-likeness (QED) is 0.596. The number of rotatable bonds is 5. The van der Waals surface area contributed by atoms with Crippen molar-refractivity contribution in [3.8, 4) is 0 Å². The summed E-state index contributed by atoms with van der Waals surface area (Å²) in [5.74, 6) is -3.04. The van der Waals surface area contributed by atoms with E-state index in [4.69, 9.17) is 4.74 Å². The third kappa shape index (κ3) is 3.59. The molecule has 1 unspecified atom stereocenters. The molecule has 0 aliphatic heterocycles. The maximum atomic E-state index is 12.9. The SMILES string of the molecule is COC(=O)C(CC(=O)c1cc(F)cc(F)c1)OC. The maximum absolute atomic E-state index is 12.9. The van der Waals surface area contributed by atoms with Crippen LogP contribution in [0.5, 0.6) is 0 Å². The van der Waals surface area contributed by atoms with Crippen LogP contribution in [0.25, 0.3) is 0 Å². The Hall–Kier alpha value is -1.82. The van der Waals surface area contributed by atoms with E-state index in [0.717, 1.165) is 19.2 Å². The van der Waals surface area contributed by atoms with Crippen molar-refractivity contribution in [1.82, 2.24) is 0 Å². The minimum atomic E-state index is -1.09. The summed E-state index contributed by atoms with van der Waals surface area (Å²) in [4.78, 5) is 22.9. The predicted octanol–water partition coefficient (Wildman–Crippen LogP) is 1.73. The highest BCUT2D eigenvalue weighted by atomic mass is 19.1. The molecule has 4 nitrogen and oxygen atoms in total. The summed E-state index contributed by atoms with van der Waals surface area (Å²) in [5.41, 5.74) is -0.154.